The number of nitrogens with zero attached hydrogens (tertiary/aromatic N) is 3. The third-order valence-corrected chi connectivity index (χ3v) is 3.78. The van der Waals surface area contributed by atoms with Gasteiger partial charge in [-0.25, -0.2) is 9.97 Å². The average Bonchev–Trinajstić information content (AvgIpc) is 2.66. The minimum Gasteiger partial charge on any atom is -0.497 e. The first-order valence-corrected chi connectivity index (χ1v) is 8.66. The van der Waals surface area contributed by atoms with Gasteiger partial charge in [0.15, 0.2) is 0 Å². The summed E-state index contributed by atoms with van der Waals surface area (Å²) >= 11 is 0. The maximum Gasteiger partial charge on any atom is 0.256 e. The van der Waals surface area contributed by atoms with Gasteiger partial charge < -0.3 is 15.0 Å². The monoisotopic (exact) mass is 342 g/mol. The molecule has 1 aromatic heterocycles. The van der Waals surface area contributed by atoms with Crippen molar-refractivity contribution in [1.82, 2.24) is 14.9 Å². The van der Waals surface area contributed by atoms with E-state index in [0.717, 1.165) is 37.2 Å². The second-order valence-corrected chi connectivity index (χ2v) is 5.79. The first kappa shape index (κ1) is 18.7. The van der Waals surface area contributed by atoms with Gasteiger partial charge in [0.25, 0.3) is 5.91 Å². The number of amides is 1. The molecule has 0 bridgehead atoms. The second kappa shape index (κ2) is 9.61. The topological polar surface area (TPSA) is 67.4 Å². The molecule has 6 nitrogen and oxygen atoms in total. The second-order valence-electron chi connectivity index (χ2n) is 5.79. The predicted molar refractivity (Wildman–Crippen MR) is 98.8 cm³/mol. The molecule has 0 radical (unpaired) electrons. The minimum absolute atomic E-state index is 0.00888. The van der Waals surface area contributed by atoms with E-state index in [9.17, 15) is 4.79 Å². The number of aromatic nitrogens is 2. The predicted octanol–water partition coefficient (Wildman–Crippen LogP) is 3.36. The Hall–Kier alpha value is -2.63. The molecular formula is C19H26N4O2. The van der Waals surface area contributed by atoms with Crippen molar-refractivity contribution in [2.24, 2.45) is 0 Å². The van der Waals surface area contributed by atoms with Gasteiger partial charge in [0.1, 0.15) is 5.75 Å². The van der Waals surface area contributed by atoms with Gasteiger partial charge in [0.2, 0.25) is 5.95 Å². The molecule has 0 saturated heterocycles. The van der Waals surface area contributed by atoms with Gasteiger partial charge in [-0.15, -0.1) is 0 Å². The fraction of sp³-hybridized carbons (Fsp3) is 0.421. The van der Waals surface area contributed by atoms with E-state index in [0.29, 0.717) is 18.1 Å². The fourth-order valence-electron chi connectivity index (χ4n) is 2.49. The highest BCUT2D eigenvalue weighted by atomic mass is 16.5. The number of anilines is 1. The Morgan fingerprint density at radius 3 is 2.20 bits per heavy atom. The molecule has 134 valence electrons. The van der Waals surface area contributed by atoms with Crippen LogP contribution in [0.4, 0.5) is 5.95 Å². The molecular weight excluding hydrogens is 316 g/mol. The molecule has 2 rings (SSSR count). The molecule has 0 fully saturated rings. The van der Waals surface area contributed by atoms with E-state index in [1.807, 2.05) is 29.2 Å². The van der Waals surface area contributed by atoms with E-state index in [-0.39, 0.29) is 5.91 Å². The van der Waals surface area contributed by atoms with Crippen molar-refractivity contribution < 1.29 is 9.53 Å². The first-order chi connectivity index (χ1) is 12.2. The molecule has 1 amide bonds. The van der Waals surface area contributed by atoms with Gasteiger partial charge in [-0.05, 0) is 30.5 Å². The van der Waals surface area contributed by atoms with Gasteiger partial charge in [0.05, 0.1) is 12.7 Å². The van der Waals surface area contributed by atoms with Crippen molar-refractivity contribution in [3.63, 3.8) is 0 Å². The van der Waals surface area contributed by atoms with Crippen LogP contribution >= 0.6 is 0 Å². The van der Waals surface area contributed by atoms with Crippen LogP contribution in [0.3, 0.4) is 0 Å². The zero-order chi connectivity index (χ0) is 18.1. The standard InChI is InChI=1S/C19H26N4O2/c1-4-10-23(11-5-2)18(24)16-13-21-19(22-14-16)20-12-15-6-8-17(25-3)9-7-15/h6-9,13-14H,4-5,10-12H2,1-3H3,(H,20,21,22). The molecule has 1 N–H and O–H groups in total. The number of rotatable bonds is 9. The van der Waals surface area contributed by atoms with Crippen LogP contribution in [0.5, 0.6) is 5.75 Å². The third-order valence-electron chi connectivity index (χ3n) is 3.78. The fourth-order valence-corrected chi connectivity index (χ4v) is 2.49. The van der Waals surface area contributed by atoms with Crippen molar-refractivity contribution in [2.45, 2.75) is 33.2 Å². The smallest absolute Gasteiger partial charge is 0.256 e. The molecule has 0 atom stereocenters. The number of ether oxygens (including phenoxy) is 1. The summed E-state index contributed by atoms with van der Waals surface area (Å²) in [5.74, 6) is 1.32. The summed E-state index contributed by atoms with van der Waals surface area (Å²) < 4.78 is 5.14. The van der Waals surface area contributed by atoms with Crippen LogP contribution in [0.25, 0.3) is 0 Å². The molecule has 1 aromatic carbocycles. The quantitative estimate of drug-likeness (QED) is 0.757. The van der Waals surface area contributed by atoms with Crippen LogP contribution in [0.2, 0.25) is 0 Å². The largest absolute Gasteiger partial charge is 0.497 e. The summed E-state index contributed by atoms with van der Waals surface area (Å²) in [6.07, 6.45) is 5.05. The summed E-state index contributed by atoms with van der Waals surface area (Å²) in [5, 5.41) is 3.16. The van der Waals surface area contributed by atoms with Crippen LogP contribution in [-0.4, -0.2) is 41.0 Å². The molecule has 0 spiro atoms. The molecule has 0 saturated carbocycles. The summed E-state index contributed by atoms with van der Waals surface area (Å²) in [4.78, 5) is 22.9. The van der Waals surface area contributed by atoms with E-state index in [1.165, 1.54) is 0 Å². The van der Waals surface area contributed by atoms with E-state index in [4.69, 9.17) is 4.74 Å². The SMILES string of the molecule is CCCN(CCC)C(=O)c1cnc(NCc2ccc(OC)cc2)nc1. The Morgan fingerprint density at radius 2 is 1.68 bits per heavy atom. The molecule has 0 aliphatic rings. The number of carbonyl (C=O) groups is 1. The average molecular weight is 342 g/mol. The number of hydrogen-bond acceptors (Lipinski definition) is 5. The van der Waals surface area contributed by atoms with E-state index >= 15 is 0 Å². The van der Waals surface area contributed by atoms with E-state index in [2.05, 4.69) is 29.1 Å². The molecule has 0 aliphatic heterocycles. The lowest BCUT2D eigenvalue weighted by Crippen LogP contribution is -2.32. The summed E-state index contributed by atoms with van der Waals surface area (Å²) in [6, 6.07) is 7.79. The highest BCUT2D eigenvalue weighted by Gasteiger charge is 2.15. The summed E-state index contributed by atoms with van der Waals surface area (Å²) in [5.41, 5.74) is 1.62. The Kier molecular flexibility index (Phi) is 7.19. The van der Waals surface area contributed by atoms with Gasteiger partial charge >= 0.3 is 0 Å². The van der Waals surface area contributed by atoms with Gasteiger partial charge in [0, 0.05) is 32.0 Å². The number of methoxy groups -OCH3 is 1. The summed E-state index contributed by atoms with van der Waals surface area (Å²) in [6.45, 7) is 6.25. The lowest BCUT2D eigenvalue weighted by molar-refractivity contribution is 0.0754. The van der Waals surface area contributed by atoms with Crippen molar-refractivity contribution >= 4 is 11.9 Å². The molecule has 6 heteroatoms. The van der Waals surface area contributed by atoms with Crippen molar-refractivity contribution in [3.8, 4) is 5.75 Å². The third kappa shape index (κ3) is 5.45. The highest BCUT2D eigenvalue weighted by molar-refractivity contribution is 5.93. The Bertz CT molecular complexity index is 650. The van der Waals surface area contributed by atoms with Crippen LogP contribution in [0.15, 0.2) is 36.7 Å². The van der Waals surface area contributed by atoms with Crippen LogP contribution in [0, 0.1) is 0 Å². The van der Waals surface area contributed by atoms with Crippen molar-refractivity contribution in [2.75, 3.05) is 25.5 Å². The van der Waals surface area contributed by atoms with E-state index in [1.54, 1.807) is 19.5 Å². The number of carbonyl (C=O) groups excluding carboxylic acids is 1. The summed E-state index contributed by atoms with van der Waals surface area (Å²) in [7, 11) is 1.64. The molecule has 1 heterocycles. The highest BCUT2D eigenvalue weighted by Crippen LogP contribution is 2.12. The zero-order valence-corrected chi connectivity index (χ0v) is 15.2. The first-order valence-electron chi connectivity index (χ1n) is 8.66. The number of benzene rings is 1. The molecule has 0 unspecified atom stereocenters. The van der Waals surface area contributed by atoms with E-state index < -0.39 is 0 Å². The Labute approximate surface area is 149 Å². The van der Waals surface area contributed by atoms with Gasteiger partial charge in [-0.3, -0.25) is 4.79 Å². The maximum absolute atomic E-state index is 12.5. The van der Waals surface area contributed by atoms with Crippen LogP contribution < -0.4 is 10.1 Å². The lowest BCUT2D eigenvalue weighted by Gasteiger charge is -2.21. The lowest BCUT2D eigenvalue weighted by atomic mass is 10.2. The van der Waals surface area contributed by atoms with Crippen molar-refractivity contribution in [1.29, 1.82) is 0 Å². The molecule has 0 aliphatic carbocycles. The Balaban J connectivity index is 1.95. The number of nitrogens with one attached hydrogen (secondary N) is 1. The Morgan fingerprint density at radius 1 is 1.08 bits per heavy atom. The normalized spacial score (nSPS) is 10.4. The van der Waals surface area contributed by atoms with Crippen molar-refractivity contribution in [3.05, 3.63) is 47.8 Å². The zero-order valence-electron chi connectivity index (χ0n) is 15.2. The maximum atomic E-state index is 12.5. The van der Waals surface area contributed by atoms with Gasteiger partial charge in [-0.2, -0.15) is 0 Å². The number of hydrogen-bond donors (Lipinski definition) is 1. The minimum atomic E-state index is -0.00888. The van der Waals surface area contributed by atoms with Crippen LogP contribution in [-0.2, 0) is 6.54 Å². The molecule has 2 aromatic rings. The van der Waals surface area contributed by atoms with Gasteiger partial charge in [-0.1, -0.05) is 26.0 Å². The molecule has 25 heavy (non-hydrogen) atoms. The van der Waals surface area contributed by atoms with Crippen LogP contribution in [0.1, 0.15) is 42.6 Å².